The molecule has 184 valence electrons. The number of piperazine rings is 1. The highest BCUT2D eigenvalue weighted by Gasteiger charge is 2.31. The predicted molar refractivity (Wildman–Crippen MR) is 124 cm³/mol. The number of hydrogen-bond acceptors (Lipinski definition) is 6. The largest absolute Gasteiger partial charge is 0.365 e. The van der Waals surface area contributed by atoms with Gasteiger partial charge in [-0.05, 0) is 38.0 Å². The number of benzene rings is 1. The second-order valence-electron chi connectivity index (χ2n) is 9.09. The van der Waals surface area contributed by atoms with E-state index < -0.39 is 29.4 Å². The number of H-pyrrole nitrogens is 1. The molecule has 0 bridgehead atoms. The number of rotatable bonds is 5. The number of aryl methyl sites for hydroxylation is 1. The summed E-state index contributed by atoms with van der Waals surface area (Å²) in [4.78, 5) is 38.4. The lowest BCUT2D eigenvalue weighted by atomic mass is 9.91. The van der Waals surface area contributed by atoms with Crippen molar-refractivity contribution in [2.75, 3.05) is 31.1 Å². The van der Waals surface area contributed by atoms with E-state index in [1.807, 2.05) is 9.80 Å². The predicted octanol–water partition coefficient (Wildman–Crippen LogP) is 2.46. The Kier molecular flexibility index (Phi) is 6.18. The van der Waals surface area contributed by atoms with Crippen LogP contribution in [0.4, 0.5) is 18.9 Å². The van der Waals surface area contributed by atoms with Crippen molar-refractivity contribution < 1.29 is 18.0 Å². The highest BCUT2D eigenvalue weighted by Crippen LogP contribution is 2.25. The lowest BCUT2D eigenvalue weighted by Gasteiger charge is -2.36. The minimum atomic E-state index is -0.894. The molecule has 2 aromatic heterocycles. The van der Waals surface area contributed by atoms with Gasteiger partial charge in [-0.1, -0.05) is 6.07 Å². The van der Waals surface area contributed by atoms with E-state index in [0.717, 1.165) is 0 Å². The molecule has 8 nitrogen and oxygen atoms in total. The number of nitrogens with zero attached hydrogens (tertiary/aromatic N) is 4. The number of alkyl halides is 1. The second-order valence-corrected chi connectivity index (χ2v) is 9.09. The Morgan fingerprint density at radius 2 is 1.86 bits per heavy atom. The molecule has 5 rings (SSSR count). The van der Waals surface area contributed by atoms with Gasteiger partial charge in [0.25, 0.3) is 11.5 Å². The molecular formula is C24H25F3N6O2. The van der Waals surface area contributed by atoms with Crippen molar-refractivity contribution in [3.05, 3.63) is 63.3 Å². The number of carbonyl (C=O) groups excluding carboxylic acids is 1. The van der Waals surface area contributed by atoms with Crippen LogP contribution >= 0.6 is 0 Å². The summed E-state index contributed by atoms with van der Waals surface area (Å²) in [5.74, 6) is -1.75. The Bertz CT molecular complexity index is 1330. The first-order chi connectivity index (χ1) is 16.8. The van der Waals surface area contributed by atoms with Gasteiger partial charge >= 0.3 is 0 Å². The average Bonchev–Trinajstić information content (AvgIpc) is 2.82. The molecule has 2 N–H and O–H groups in total. The highest BCUT2D eigenvalue weighted by molar-refractivity contribution is 5.92. The molecule has 1 aromatic carbocycles. The summed E-state index contributed by atoms with van der Waals surface area (Å²) in [6, 6.07) is 6.11. The van der Waals surface area contributed by atoms with Crippen LogP contribution in [0, 0.1) is 18.7 Å². The van der Waals surface area contributed by atoms with Crippen molar-refractivity contribution in [3.63, 3.8) is 0 Å². The third-order valence-electron chi connectivity index (χ3n) is 6.64. The van der Waals surface area contributed by atoms with E-state index in [0.29, 0.717) is 49.5 Å². The van der Waals surface area contributed by atoms with Crippen LogP contribution in [0.2, 0.25) is 0 Å². The van der Waals surface area contributed by atoms with E-state index in [1.165, 1.54) is 12.1 Å². The van der Waals surface area contributed by atoms with E-state index in [1.54, 1.807) is 19.1 Å². The lowest BCUT2D eigenvalue weighted by Crippen LogP contribution is -2.46. The van der Waals surface area contributed by atoms with Gasteiger partial charge in [0.05, 0.1) is 11.2 Å². The number of carbonyl (C=O) groups is 1. The Balaban J connectivity index is 1.21. The first-order valence-corrected chi connectivity index (χ1v) is 11.6. The van der Waals surface area contributed by atoms with Crippen molar-refractivity contribution in [2.45, 2.75) is 38.5 Å². The summed E-state index contributed by atoms with van der Waals surface area (Å²) >= 11 is 0. The van der Waals surface area contributed by atoms with Crippen LogP contribution in [-0.4, -0.2) is 64.2 Å². The van der Waals surface area contributed by atoms with Crippen LogP contribution in [0.1, 0.15) is 34.6 Å². The smallest absolute Gasteiger partial charge is 0.270 e. The molecule has 35 heavy (non-hydrogen) atoms. The fourth-order valence-corrected chi connectivity index (χ4v) is 4.48. The highest BCUT2D eigenvalue weighted by atomic mass is 19.1. The maximum absolute atomic E-state index is 15.0. The lowest BCUT2D eigenvalue weighted by molar-refractivity contribution is 0.0854. The molecule has 0 spiro atoms. The van der Waals surface area contributed by atoms with Crippen molar-refractivity contribution in [1.29, 1.82) is 0 Å². The molecule has 0 radical (unpaired) electrons. The van der Waals surface area contributed by atoms with E-state index in [-0.39, 0.29) is 35.8 Å². The second kappa shape index (κ2) is 9.29. The Morgan fingerprint density at radius 3 is 2.54 bits per heavy atom. The third kappa shape index (κ3) is 4.72. The van der Waals surface area contributed by atoms with Crippen LogP contribution in [0.5, 0.6) is 0 Å². The maximum atomic E-state index is 15.0. The zero-order valence-electron chi connectivity index (χ0n) is 19.2. The average molecular weight is 486 g/mol. The van der Waals surface area contributed by atoms with Gasteiger partial charge in [-0.15, -0.1) is 0 Å². The summed E-state index contributed by atoms with van der Waals surface area (Å²) in [5, 5.41) is 2.66. The molecular weight excluding hydrogens is 461 g/mol. The van der Waals surface area contributed by atoms with Gasteiger partial charge < -0.3 is 15.2 Å². The van der Waals surface area contributed by atoms with Crippen molar-refractivity contribution in [3.8, 4) is 0 Å². The Labute approximate surface area is 199 Å². The fraction of sp³-hybridized carbons (Fsp3) is 0.417. The first-order valence-electron chi connectivity index (χ1n) is 11.6. The number of pyridine rings is 1. The topological polar surface area (TPSA) is 94.2 Å². The van der Waals surface area contributed by atoms with Crippen molar-refractivity contribution in [1.82, 2.24) is 25.2 Å². The first kappa shape index (κ1) is 23.3. The molecule has 11 heteroatoms. The Morgan fingerprint density at radius 1 is 1.11 bits per heavy atom. The van der Waals surface area contributed by atoms with Crippen LogP contribution < -0.4 is 15.8 Å². The Hall–Kier alpha value is -3.47. The van der Waals surface area contributed by atoms with E-state index in [4.69, 9.17) is 0 Å². The number of fused-ring (bicyclic) bond motifs is 1. The van der Waals surface area contributed by atoms with Gasteiger partial charge in [-0.3, -0.25) is 14.5 Å². The third-order valence-corrected chi connectivity index (χ3v) is 6.64. The summed E-state index contributed by atoms with van der Waals surface area (Å²) in [6.45, 7) is 4.03. The monoisotopic (exact) mass is 486 g/mol. The molecule has 2 aliphatic rings. The number of aromatic nitrogens is 3. The summed E-state index contributed by atoms with van der Waals surface area (Å²) in [6.07, 6.45) is -0.350. The van der Waals surface area contributed by atoms with Gasteiger partial charge in [0.1, 0.15) is 23.1 Å². The van der Waals surface area contributed by atoms with Crippen LogP contribution in [-0.2, 0) is 6.54 Å². The van der Waals surface area contributed by atoms with Gasteiger partial charge in [0.2, 0.25) is 5.95 Å². The van der Waals surface area contributed by atoms with Gasteiger partial charge in [0, 0.05) is 44.3 Å². The van der Waals surface area contributed by atoms with E-state index in [2.05, 4.69) is 20.3 Å². The standard InChI is InChI=1S/C24H25F3N6O2/c1-13-23(34)31-21-17(28-13)3-2-14(20(21)26)12-32-6-8-33(9-7-32)19-5-4-18(30-22(19)27)24(35)29-16-10-15(25)11-16/h2-5,15-16H,6-12H2,1H3,(H,29,35)(H,31,34). The van der Waals surface area contributed by atoms with Crippen LogP contribution in [0.25, 0.3) is 11.0 Å². The molecule has 3 heterocycles. The molecule has 1 aliphatic heterocycles. The minimum absolute atomic E-state index is 0.0401. The number of halogens is 3. The molecule has 3 aromatic rings. The number of hydrogen-bond donors (Lipinski definition) is 2. The minimum Gasteiger partial charge on any atom is -0.365 e. The SMILES string of the molecule is Cc1nc2ccc(CN3CCN(c4ccc(C(=O)NC5CC(F)C5)nc4F)CC3)c(F)c2[nH]c1=O. The van der Waals surface area contributed by atoms with Crippen molar-refractivity contribution >= 4 is 22.6 Å². The molecule has 0 atom stereocenters. The molecule has 1 saturated carbocycles. The maximum Gasteiger partial charge on any atom is 0.270 e. The van der Waals surface area contributed by atoms with E-state index >= 15 is 4.39 Å². The normalized spacial score (nSPS) is 20.6. The summed E-state index contributed by atoms with van der Waals surface area (Å²) < 4.78 is 42.6. The van der Waals surface area contributed by atoms with Gasteiger partial charge in [-0.25, -0.2) is 18.7 Å². The number of nitrogens with one attached hydrogen (secondary N) is 2. The number of anilines is 1. The zero-order chi connectivity index (χ0) is 24.7. The quantitative estimate of drug-likeness (QED) is 0.539. The van der Waals surface area contributed by atoms with Crippen molar-refractivity contribution in [2.24, 2.45) is 0 Å². The number of aromatic amines is 1. The molecule has 1 aliphatic carbocycles. The molecule has 2 fully saturated rings. The molecule has 1 saturated heterocycles. The van der Waals surface area contributed by atoms with Crippen LogP contribution in [0.15, 0.2) is 29.1 Å². The molecule has 1 amide bonds. The zero-order valence-corrected chi connectivity index (χ0v) is 19.2. The summed E-state index contributed by atoms with van der Waals surface area (Å²) in [7, 11) is 0. The number of amides is 1. The van der Waals surface area contributed by atoms with Gasteiger partial charge in [-0.2, -0.15) is 4.39 Å². The fourth-order valence-electron chi connectivity index (χ4n) is 4.48. The van der Waals surface area contributed by atoms with E-state index in [9.17, 15) is 18.4 Å². The summed E-state index contributed by atoms with van der Waals surface area (Å²) in [5.41, 5.74) is 1.05. The molecule has 0 unspecified atom stereocenters. The van der Waals surface area contributed by atoms with Gasteiger partial charge in [0.15, 0.2) is 5.82 Å². The van der Waals surface area contributed by atoms with Crippen LogP contribution in [0.3, 0.4) is 0 Å².